The van der Waals surface area contributed by atoms with Crippen LogP contribution in [0.5, 0.6) is 0 Å². The Labute approximate surface area is 112 Å². The Hall–Kier alpha value is -1.31. The highest BCUT2D eigenvalue weighted by molar-refractivity contribution is 7.91. The summed E-state index contributed by atoms with van der Waals surface area (Å²) >= 11 is 0. The van der Waals surface area contributed by atoms with Crippen LogP contribution in [0.3, 0.4) is 0 Å². The summed E-state index contributed by atoms with van der Waals surface area (Å²) in [5, 5.41) is 11.4. The summed E-state index contributed by atoms with van der Waals surface area (Å²) in [5.41, 5.74) is 0. The third-order valence-electron chi connectivity index (χ3n) is 3.07. The van der Waals surface area contributed by atoms with Crippen LogP contribution in [0, 0.1) is 0 Å². The maximum Gasteiger partial charge on any atom is 0.326 e. The number of carbonyl (C=O) groups excluding carboxylic acids is 1. The van der Waals surface area contributed by atoms with Gasteiger partial charge in [-0.2, -0.15) is 0 Å². The van der Waals surface area contributed by atoms with Crippen LogP contribution in [-0.4, -0.2) is 61.1 Å². The van der Waals surface area contributed by atoms with Gasteiger partial charge in [0.15, 0.2) is 9.84 Å². The molecule has 0 aliphatic carbocycles. The Morgan fingerprint density at radius 1 is 1.32 bits per heavy atom. The van der Waals surface area contributed by atoms with Gasteiger partial charge in [0.1, 0.15) is 6.04 Å². The van der Waals surface area contributed by atoms with Gasteiger partial charge in [-0.3, -0.25) is 0 Å². The molecule has 19 heavy (non-hydrogen) atoms. The van der Waals surface area contributed by atoms with Gasteiger partial charge in [0.2, 0.25) is 0 Å². The molecule has 0 radical (unpaired) electrons. The van der Waals surface area contributed by atoms with Crippen molar-refractivity contribution in [1.29, 1.82) is 0 Å². The maximum atomic E-state index is 11.8. The quantitative estimate of drug-likeness (QED) is 0.746. The number of unbranched alkanes of at least 4 members (excludes halogenated alkanes) is 1. The lowest BCUT2D eigenvalue weighted by Crippen LogP contribution is -2.52. The van der Waals surface area contributed by atoms with E-state index in [1.807, 2.05) is 6.92 Å². The number of nitrogens with zero attached hydrogens (tertiary/aromatic N) is 1. The first kappa shape index (κ1) is 15.7. The third-order valence-corrected chi connectivity index (χ3v) is 4.68. The molecular formula is C11H20N2O5S. The van der Waals surface area contributed by atoms with Gasteiger partial charge in [-0.05, 0) is 6.42 Å². The van der Waals surface area contributed by atoms with Gasteiger partial charge in [0.25, 0.3) is 0 Å². The average Bonchev–Trinajstić information content (AvgIpc) is 2.33. The molecule has 1 saturated heterocycles. The molecule has 0 aromatic rings. The number of rotatable bonds is 5. The first-order valence-corrected chi connectivity index (χ1v) is 8.16. The fourth-order valence-electron chi connectivity index (χ4n) is 1.82. The number of urea groups is 1. The van der Waals surface area contributed by atoms with Crippen LogP contribution in [0.4, 0.5) is 4.79 Å². The predicted octanol–water partition coefficient (Wildman–Crippen LogP) is 0.0698. The van der Waals surface area contributed by atoms with Crippen LogP contribution in [0.25, 0.3) is 0 Å². The minimum absolute atomic E-state index is 0.0624. The van der Waals surface area contributed by atoms with Gasteiger partial charge in [-0.1, -0.05) is 19.8 Å². The average molecular weight is 292 g/mol. The zero-order valence-corrected chi connectivity index (χ0v) is 11.8. The molecule has 0 saturated carbocycles. The van der Waals surface area contributed by atoms with Crippen molar-refractivity contribution in [2.24, 2.45) is 0 Å². The fraction of sp³-hybridized carbons (Fsp3) is 0.818. The number of carbonyl (C=O) groups is 2. The van der Waals surface area contributed by atoms with Crippen molar-refractivity contribution >= 4 is 21.8 Å². The zero-order valence-electron chi connectivity index (χ0n) is 11.0. The van der Waals surface area contributed by atoms with Crippen LogP contribution >= 0.6 is 0 Å². The molecule has 0 aromatic heterocycles. The molecule has 2 amide bonds. The second kappa shape index (κ2) is 6.74. The summed E-state index contributed by atoms with van der Waals surface area (Å²) in [6.07, 6.45) is 1.94. The van der Waals surface area contributed by atoms with Crippen molar-refractivity contribution in [2.75, 3.05) is 24.6 Å². The van der Waals surface area contributed by atoms with E-state index in [0.29, 0.717) is 12.8 Å². The van der Waals surface area contributed by atoms with E-state index in [1.54, 1.807) is 0 Å². The molecule has 0 spiro atoms. The number of carboxylic acid groups (broad SMARTS) is 1. The normalized spacial score (nSPS) is 19.7. The topological polar surface area (TPSA) is 104 Å². The van der Waals surface area contributed by atoms with Crippen molar-refractivity contribution in [2.45, 2.75) is 32.2 Å². The van der Waals surface area contributed by atoms with Gasteiger partial charge in [0, 0.05) is 13.1 Å². The minimum atomic E-state index is -3.05. The van der Waals surface area contributed by atoms with E-state index in [9.17, 15) is 18.0 Å². The highest BCUT2D eigenvalue weighted by atomic mass is 32.2. The summed E-state index contributed by atoms with van der Waals surface area (Å²) in [6, 6.07) is -1.41. The van der Waals surface area contributed by atoms with E-state index in [2.05, 4.69) is 5.32 Å². The molecule has 1 aliphatic heterocycles. The maximum absolute atomic E-state index is 11.8. The standard InChI is InChI=1S/C11H20N2O5S/c1-2-3-4-9(10(14)15)12-11(16)13-5-7-19(17,18)8-6-13/h9H,2-8H2,1H3,(H,12,16)(H,14,15)/t9-/m0/s1. The Balaban J connectivity index is 2.51. The zero-order chi connectivity index (χ0) is 14.5. The molecule has 2 N–H and O–H groups in total. The Kier molecular flexibility index (Phi) is 5.59. The van der Waals surface area contributed by atoms with E-state index < -0.39 is 27.9 Å². The van der Waals surface area contributed by atoms with Crippen LogP contribution < -0.4 is 5.32 Å². The lowest BCUT2D eigenvalue weighted by atomic mass is 10.1. The van der Waals surface area contributed by atoms with Crippen molar-refractivity contribution in [3.63, 3.8) is 0 Å². The van der Waals surface area contributed by atoms with Crippen molar-refractivity contribution in [3.8, 4) is 0 Å². The SMILES string of the molecule is CCCC[C@H](NC(=O)N1CCS(=O)(=O)CC1)C(=O)O. The lowest BCUT2D eigenvalue weighted by molar-refractivity contribution is -0.139. The number of sulfone groups is 1. The molecule has 8 heteroatoms. The predicted molar refractivity (Wildman–Crippen MR) is 69.7 cm³/mol. The molecule has 1 fully saturated rings. The van der Waals surface area contributed by atoms with Crippen molar-refractivity contribution in [3.05, 3.63) is 0 Å². The molecule has 7 nitrogen and oxygen atoms in total. The molecule has 1 heterocycles. The molecule has 1 atom stereocenters. The number of aliphatic carboxylic acids is 1. The van der Waals surface area contributed by atoms with Crippen LogP contribution in [0.15, 0.2) is 0 Å². The number of carboxylic acids is 1. The molecule has 0 aromatic carbocycles. The van der Waals surface area contributed by atoms with Gasteiger partial charge in [0.05, 0.1) is 11.5 Å². The Bertz CT molecular complexity index is 420. The monoisotopic (exact) mass is 292 g/mol. The minimum Gasteiger partial charge on any atom is -0.480 e. The fourth-order valence-corrected chi connectivity index (χ4v) is 3.02. The molecular weight excluding hydrogens is 272 g/mol. The highest BCUT2D eigenvalue weighted by Crippen LogP contribution is 2.06. The Morgan fingerprint density at radius 3 is 2.37 bits per heavy atom. The van der Waals surface area contributed by atoms with E-state index >= 15 is 0 Å². The van der Waals surface area contributed by atoms with E-state index in [1.165, 1.54) is 4.90 Å². The number of hydrogen-bond donors (Lipinski definition) is 2. The second-order valence-electron chi connectivity index (χ2n) is 4.62. The van der Waals surface area contributed by atoms with Crippen molar-refractivity contribution in [1.82, 2.24) is 10.2 Å². The summed E-state index contributed by atoms with van der Waals surface area (Å²) < 4.78 is 22.5. The van der Waals surface area contributed by atoms with Crippen LogP contribution in [0.1, 0.15) is 26.2 Å². The molecule has 0 unspecified atom stereocenters. The lowest BCUT2D eigenvalue weighted by Gasteiger charge is -2.28. The molecule has 1 aliphatic rings. The van der Waals surface area contributed by atoms with Crippen LogP contribution in [0.2, 0.25) is 0 Å². The van der Waals surface area contributed by atoms with Gasteiger partial charge in [-0.25, -0.2) is 18.0 Å². The highest BCUT2D eigenvalue weighted by Gasteiger charge is 2.27. The summed E-state index contributed by atoms with van der Waals surface area (Å²) in [5.74, 6) is -1.19. The third kappa shape index (κ3) is 5.06. The first-order chi connectivity index (χ1) is 8.85. The molecule has 1 rings (SSSR count). The summed E-state index contributed by atoms with van der Waals surface area (Å²) in [6.45, 7) is 2.18. The van der Waals surface area contributed by atoms with Gasteiger partial charge >= 0.3 is 12.0 Å². The Morgan fingerprint density at radius 2 is 1.89 bits per heavy atom. The molecule has 110 valence electrons. The number of nitrogens with one attached hydrogen (secondary N) is 1. The second-order valence-corrected chi connectivity index (χ2v) is 6.93. The molecule has 0 bridgehead atoms. The van der Waals surface area contributed by atoms with E-state index in [-0.39, 0.29) is 24.6 Å². The largest absolute Gasteiger partial charge is 0.480 e. The van der Waals surface area contributed by atoms with Crippen LogP contribution in [-0.2, 0) is 14.6 Å². The number of hydrogen-bond acceptors (Lipinski definition) is 4. The number of amides is 2. The first-order valence-electron chi connectivity index (χ1n) is 6.34. The van der Waals surface area contributed by atoms with E-state index in [0.717, 1.165) is 6.42 Å². The van der Waals surface area contributed by atoms with E-state index in [4.69, 9.17) is 5.11 Å². The van der Waals surface area contributed by atoms with Crippen molar-refractivity contribution < 1.29 is 23.1 Å². The smallest absolute Gasteiger partial charge is 0.326 e. The summed E-state index contributed by atoms with van der Waals surface area (Å²) in [4.78, 5) is 24.2. The summed E-state index contributed by atoms with van der Waals surface area (Å²) in [7, 11) is -3.05. The van der Waals surface area contributed by atoms with Gasteiger partial charge < -0.3 is 15.3 Å². The van der Waals surface area contributed by atoms with Gasteiger partial charge in [-0.15, -0.1) is 0 Å².